The third kappa shape index (κ3) is 6.53. The van der Waals surface area contributed by atoms with Crippen LogP contribution in [0.15, 0.2) is 46.9 Å². The summed E-state index contributed by atoms with van der Waals surface area (Å²) in [6.45, 7) is 2.09. The molecule has 2 rings (SSSR count). The van der Waals surface area contributed by atoms with Crippen molar-refractivity contribution >= 4 is 37.5 Å². The molecule has 0 aliphatic carbocycles. The average molecular weight is 469 g/mol. The molecule has 1 N–H and O–H groups in total. The summed E-state index contributed by atoms with van der Waals surface area (Å²) >= 11 is 3.39. The van der Waals surface area contributed by atoms with E-state index in [-0.39, 0.29) is 12.5 Å². The molecule has 0 aliphatic rings. The highest BCUT2D eigenvalue weighted by Gasteiger charge is 2.21. The molecule has 0 spiro atoms. The first kappa shape index (κ1) is 22.2. The van der Waals surface area contributed by atoms with Crippen molar-refractivity contribution in [3.63, 3.8) is 0 Å². The first-order valence-electron chi connectivity index (χ1n) is 8.84. The molecule has 0 saturated heterocycles. The van der Waals surface area contributed by atoms with Crippen molar-refractivity contribution < 1.29 is 17.9 Å². The monoisotopic (exact) mass is 468 g/mol. The van der Waals surface area contributed by atoms with E-state index in [0.717, 1.165) is 44.8 Å². The Labute approximate surface area is 175 Å². The van der Waals surface area contributed by atoms with Gasteiger partial charge in [-0.2, -0.15) is 0 Å². The number of amides is 1. The van der Waals surface area contributed by atoms with E-state index in [9.17, 15) is 13.2 Å². The van der Waals surface area contributed by atoms with Crippen LogP contribution in [0.1, 0.15) is 17.5 Å². The van der Waals surface area contributed by atoms with Gasteiger partial charge in [0.15, 0.2) is 0 Å². The number of nitrogens with zero attached hydrogens (tertiary/aromatic N) is 1. The van der Waals surface area contributed by atoms with E-state index in [1.807, 2.05) is 31.2 Å². The Morgan fingerprint density at radius 3 is 2.43 bits per heavy atom. The largest absolute Gasteiger partial charge is 0.497 e. The van der Waals surface area contributed by atoms with E-state index in [1.165, 1.54) is 0 Å². The number of hydrogen-bond donors (Lipinski definition) is 1. The lowest BCUT2D eigenvalue weighted by molar-refractivity contribution is -0.119. The third-order valence-electron chi connectivity index (χ3n) is 4.24. The Kier molecular flexibility index (Phi) is 7.88. The maximum atomic E-state index is 12.3. The zero-order valence-corrected chi connectivity index (χ0v) is 18.6. The number of anilines is 1. The van der Waals surface area contributed by atoms with Crippen molar-refractivity contribution in [1.82, 2.24) is 5.32 Å². The molecule has 6 nitrogen and oxygen atoms in total. The SMILES string of the molecule is COc1ccc(CCCNC(=O)CN(c2ccc(Br)c(C)c2)S(C)(=O)=O)cc1. The average Bonchev–Trinajstić information content (AvgIpc) is 2.65. The summed E-state index contributed by atoms with van der Waals surface area (Å²) in [5, 5.41) is 2.79. The fourth-order valence-electron chi connectivity index (χ4n) is 2.68. The minimum atomic E-state index is -3.58. The van der Waals surface area contributed by atoms with Crippen molar-refractivity contribution in [3.05, 3.63) is 58.1 Å². The van der Waals surface area contributed by atoms with Crippen LogP contribution in [-0.2, 0) is 21.2 Å². The van der Waals surface area contributed by atoms with Gasteiger partial charge in [0.25, 0.3) is 0 Å². The van der Waals surface area contributed by atoms with Crippen LogP contribution < -0.4 is 14.4 Å². The number of nitrogens with one attached hydrogen (secondary N) is 1. The van der Waals surface area contributed by atoms with Crippen molar-refractivity contribution in [1.29, 1.82) is 0 Å². The first-order valence-corrected chi connectivity index (χ1v) is 11.5. The van der Waals surface area contributed by atoms with E-state index in [2.05, 4.69) is 21.2 Å². The Morgan fingerprint density at radius 2 is 1.86 bits per heavy atom. The lowest BCUT2D eigenvalue weighted by Gasteiger charge is -2.22. The van der Waals surface area contributed by atoms with Gasteiger partial charge < -0.3 is 10.1 Å². The standard InChI is InChI=1S/C20H25BrN2O4S/c1-15-13-17(8-11-19(15)21)23(28(3,25)26)14-20(24)22-12-4-5-16-6-9-18(27-2)10-7-16/h6-11,13H,4-5,12,14H2,1-3H3,(H,22,24). The van der Waals surface area contributed by atoms with Gasteiger partial charge in [0.2, 0.25) is 15.9 Å². The zero-order valence-electron chi connectivity index (χ0n) is 16.2. The van der Waals surface area contributed by atoms with Crippen LogP contribution in [0.4, 0.5) is 5.69 Å². The van der Waals surface area contributed by atoms with Crippen molar-refractivity contribution in [2.24, 2.45) is 0 Å². The normalized spacial score (nSPS) is 11.1. The fourth-order valence-corrected chi connectivity index (χ4v) is 3.78. The molecule has 0 saturated carbocycles. The molecule has 2 aromatic rings. The summed E-state index contributed by atoms with van der Waals surface area (Å²) in [5.41, 5.74) is 2.51. The zero-order chi connectivity index (χ0) is 20.7. The summed E-state index contributed by atoms with van der Waals surface area (Å²) in [4.78, 5) is 12.3. The molecule has 152 valence electrons. The van der Waals surface area contributed by atoms with Gasteiger partial charge in [-0.1, -0.05) is 28.1 Å². The summed E-state index contributed by atoms with van der Waals surface area (Å²) in [6.07, 6.45) is 2.67. The molecule has 0 aromatic heterocycles. The van der Waals surface area contributed by atoms with Crippen LogP contribution in [0.25, 0.3) is 0 Å². The number of benzene rings is 2. The van der Waals surface area contributed by atoms with Gasteiger partial charge in [-0.3, -0.25) is 9.10 Å². The number of carbonyl (C=O) groups excluding carboxylic acids is 1. The number of carbonyl (C=O) groups is 1. The Bertz CT molecular complexity index is 914. The van der Waals surface area contributed by atoms with Gasteiger partial charge in [-0.25, -0.2) is 8.42 Å². The number of aryl methyl sites for hydroxylation is 2. The van der Waals surface area contributed by atoms with Gasteiger partial charge >= 0.3 is 0 Å². The molecule has 0 heterocycles. The number of halogens is 1. The molecule has 0 unspecified atom stereocenters. The highest BCUT2D eigenvalue weighted by atomic mass is 79.9. The maximum Gasteiger partial charge on any atom is 0.240 e. The Morgan fingerprint density at radius 1 is 1.18 bits per heavy atom. The van der Waals surface area contributed by atoms with Gasteiger partial charge in [-0.05, 0) is 61.2 Å². The molecular weight excluding hydrogens is 444 g/mol. The van der Waals surface area contributed by atoms with Crippen LogP contribution in [-0.4, -0.2) is 40.8 Å². The number of rotatable bonds is 9. The van der Waals surface area contributed by atoms with Gasteiger partial charge in [0.1, 0.15) is 12.3 Å². The number of sulfonamides is 1. The Balaban J connectivity index is 1.90. The smallest absolute Gasteiger partial charge is 0.240 e. The molecule has 8 heteroatoms. The van der Waals surface area contributed by atoms with Crippen LogP contribution in [0.5, 0.6) is 5.75 Å². The van der Waals surface area contributed by atoms with Crippen LogP contribution in [0.2, 0.25) is 0 Å². The molecule has 0 aliphatic heterocycles. The van der Waals surface area contributed by atoms with E-state index >= 15 is 0 Å². The lowest BCUT2D eigenvalue weighted by Crippen LogP contribution is -2.40. The van der Waals surface area contributed by atoms with Gasteiger partial charge in [-0.15, -0.1) is 0 Å². The Hall–Kier alpha value is -2.06. The van der Waals surface area contributed by atoms with Crippen molar-refractivity contribution in [3.8, 4) is 5.75 Å². The minimum Gasteiger partial charge on any atom is -0.497 e. The van der Waals surface area contributed by atoms with Crippen LogP contribution >= 0.6 is 15.9 Å². The molecule has 0 bridgehead atoms. The molecule has 0 radical (unpaired) electrons. The van der Waals surface area contributed by atoms with E-state index in [4.69, 9.17) is 4.74 Å². The second-order valence-electron chi connectivity index (χ2n) is 6.50. The molecule has 28 heavy (non-hydrogen) atoms. The number of ether oxygens (including phenoxy) is 1. The highest BCUT2D eigenvalue weighted by Crippen LogP contribution is 2.24. The molecule has 0 fully saturated rings. The maximum absolute atomic E-state index is 12.3. The molecule has 0 atom stereocenters. The van der Waals surface area contributed by atoms with Crippen molar-refractivity contribution in [2.45, 2.75) is 19.8 Å². The number of hydrogen-bond acceptors (Lipinski definition) is 4. The van der Waals surface area contributed by atoms with E-state index in [0.29, 0.717) is 12.2 Å². The highest BCUT2D eigenvalue weighted by molar-refractivity contribution is 9.10. The van der Waals surface area contributed by atoms with Crippen molar-refractivity contribution in [2.75, 3.05) is 30.8 Å². The minimum absolute atomic E-state index is 0.248. The first-order chi connectivity index (χ1) is 13.2. The third-order valence-corrected chi connectivity index (χ3v) is 6.27. The van der Waals surface area contributed by atoms with E-state index < -0.39 is 10.0 Å². The van der Waals surface area contributed by atoms with Gasteiger partial charge in [0, 0.05) is 11.0 Å². The number of methoxy groups -OCH3 is 1. The predicted molar refractivity (Wildman–Crippen MR) is 115 cm³/mol. The summed E-state index contributed by atoms with van der Waals surface area (Å²) in [6, 6.07) is 13.0. The summed E-state index contributed by atoms with van der Waals surface area (Å²) < 4.78 is 31.4. The predicted octanol–water partition coefficient (Wildman–Crippen LogP) is 3.28. The quantitative estimate of drug-likeness (QED) is 0.572. The second kappa shape index (κ2) is 9.93. The van der Waals surface area contributed by atoms with Crippen LogP contribution in [0, 0.1) is 6.92 Å². The van der Waals surface area contributed by atoms with E-state index in [1.54, 1.807) is 25.3 Å². The molecule has 1 amide bonds. The summed E-state index contributed by atoms with van der Waals surface area (Å²) in [5.74, 6) is 0.474. The summed E-state index contributed by atoms with van der Waals surface area (Å²) in [7, 11) is -1.95. The topological polar surface area (TPSA) is 75.7 Å². The van der Waals surface area contributed by atoms with Crippen LogP contribution in [0.3, 0.4) is 0 Å². The molecular formula is C20H25BrN2O4S. The lowest BCUT2D eigenvalue weighted by atomic mass is 10.1. The second-order valence-corrected chi connectivity index (χ2v) is 9.27. The molecule has 2 aromatic carbocycles. The fraction of sp³-hybridized carbons (Fsp3) is 0.350. The van der Waals surface area contributed by atoms with Gasteiger partial charge in [0.05, 0.1) is 19.1 Å².